The van der Waals surface area contributed by atoms with Crippen molar-refractivity contribution in [1.82, 2.24) is 0 Å². The van der Waals surface area contributed by atoms with Crippen molar-refractivity contribution >= 4 is 50.8 Å². The van der Waals surface area contributed by atoms with Crippen LogP contribution in [-0.2, 0) is 10.0 Å². The number of thioether (sulfide) groups is 1. The van der Waals surface area contributed by atoms with E-state index in [-0.39, 0.29) is 17.3 Å². The van der Waals surface area contributed by atoms with Crippen LogP contribution >= 0.6 is 23.5 Å². The third kappa shape index (κ3) is 5.95. The summed E-state index contributed by atoms with van der Waals surface area (Å²) in [6, 6.07) is 31.1. The van der Waals surface area contributed by atoms with Crippen molar-refractivity contribution in [2.45, 2.75) is 26.5 Å². The van der Waals surface area contributed by atoms with Crippen LogP contribution in [0.1, 0.15) is 17.3 Å². The summed E-state index contributed by atoms with van der Waals surface area (Å²) in [6.45, 7) is 2.05. The molecule has 4 aromatic rings. The molecule has 1 N–H and O–H groups in total. The predicted molar refractivity (Wildman–Crippen MR) is 150 cm³/mol. The van der Waals surface area contributed by atoms with Crippen molar-refractivity contribution in [3.05, 3.63) is 109 Å². The lowest BCUT2D eigenvalue weighted by molar-refractivity contribution is 0.102. The van der Waals surface area contributed by atoms with Gasteiger partial charge in [-0.3, -0.25) is 9.10 Å². The molecule has 36 heavy (non-hydrogen) atoms. The quantitative estimate of drug-likeness (QED) is 0.234. The van der Waals surface area contributed by atoms with E-state index in [0.717, 1.165) is 14.7 Å². The maximum atomic E-state index is 13.2. The molecule has 0 heterocycles. The first-order chi connectivity index (χ1) is 17.4. The summed E-state index contributed by atoms with van der Waals surface area (Å²) < 4.78 is 27.8. The lowest BCUT2D eigenvalue weighted by Crippen LogP contribution is -2.30. The van der Waals surface area contributed by atoms with Gasteiger partial charge >= 0.3 is 0 Å². The highest BCUT2D eigenvalue weighted by Crippen LogP contribution is 2.33. The minimum absolute atomic E-state index is 0.233. The monoisotopic (exact) mass is 534 g/mol. The standard InChI is InChI=1S/C28H26N2O3S3/c1-3-30(36(32,33)25-19-17-23(34-2)18-20-25)22-15-13-21(14-16-22)28(31)29-26-11-7-8-12-27(26)35-24-9-5-4-6-10-24/h4-20H,3H2,1-2H3,(H,29,31). The molecule has 4 rings (SSSR count). The first kappa shape index (κ1) is 25.9. The molecule has 0 aromatic heterocycles. The first-order valence-electron chi connectivity index (χ1n) is 11.3. The van der Waals surface area contributed by atoms with Gasteiger partial charge in [0.05, 0.1) is 16.3 Å². The Bertz CT molecular complexity index is 1420. The zero-order chi connectivity index (χ0) is 25.5. The minimum atomic E-state index is -3.73. The van der Waals surface area contributed by atoms with E-state index in [2.05, 4.69) is 5.32 Å². The minimum Gasteiger partial charge on any atom is -0.321 e. The van der Waals surface area contributed by atoms with Crippen LogP contribution in [0, 0.1) is 0 Å². The highest BCUT2D eigenvalue weighted by atomic mass is 32.2. The van der Waals surface area contributed by atoms with Crippen LogP contribution in [-0.4, -0.2) is 27.1 Å². The van der Waals surface area contributed by atoms with Crippen molar-refractivity contribution < 1.29 is 13.2 Å². The Hall–Kier alpha value is -3.20. The Morgan fingerprint density at radius 3 is 2.08 bits per heavy atom. The van der Waals surface area contributed by atoms with E-state index in [0.29, 0.717) is 16.9 Å². The highest BCUT2D eigenvalue weighted by Gasteiger charge is 2.24. The molecule has 0 aliphatic carbocycles. The van der Waals surface area contributed by atoms with Gasteiger partial charge in [-0.2, -0.15) is 0 Å². The summed E-state index contributed by atoms with van der Waals surface area (Å²) in [7, 11) is -3.73. The fraction of sp³-hybridized carbons (Fsp3) is 0.107. The summed E-state index contributed by atoms with van der Waals surface area (Å²) in [4.78, 5) is 16.2. The second-order valence-electron chi connectivity index (χ2n) is 7.76. The molecule has 0 aliphatic rings. The van der Waals surface area contributed by atoms with Gasteiger partial charge in [0.25, 0.3) is 15.9 Å². The zero-order valence-electron chi connectivity index (χ0n) is 19.9. The van der Waals surface area contributed by atoms with E-state index in [9.17, 15) is 13.2 Å². The van der Waals surface area contributed by atoms with E-state index in [1.807, 2.05) is 60.9 Å². The molecule has 0 saturated carbocycles. The maximum absolute atomic E-state index is 13.2. The molecule has 0 unspecified atom stereocenters. The highest BCUT2D eigenvalue weighted by molar-refractivity contribution is 7.99. The number of nitrogens with one attached hydrogen (secondary N) is 1. The van der Waals surface area contributed by atoms with Crippen molar-refractivity contribution in [2.75, 3.05) is 22.4 Å². The van der Waals surface area contributed by atoms with E-state index < -0.39 is 10.0 Å². The van der Waals surface area contributed by atoms with E-state index in [1.165, 1.54) is 4.31 Å². The largest absolute Gasteiger partial charge is 0.321 e. The average molecular weight is 535 g/mol. The summed E-state index contributed by atoms with van der Waals surface area (Å²) >= 11 is 3.13. The van der Waals surface area contributed by atoms with Crippen LogP contribution in [0.15, 0.2) is 123 Å². The molecule has 1 amide bonds. The second kappa shape index (κ2) is 11.7. The molecule has 4 aromatic carbocycles. The third-order valence-electron chi connectivity index (χ3n) is 5.46. The fourth-order valence-corrected chi connectivity index (χ4v) is 6.42. The molecule has 8 heteroatoms. The van der Waals surface area contributed by atoms with Crippen LogP contribution in [0.5, 0.6) is 0 Å². The number of para-hydroxylation sites is 1. The van der Waals surface area contributed by atoms with Gasteiger partial charge in [0.15, 0.2) is 0 Å². The number of carbonyl (C=O) groups is 1. The van der Waals surface area contributed by atoms with Crippen molar-refractivity contribution in [3.63, 3.8) is 0 Å². The summed E-state index contributed by atoms with van der Waals surface area (Å²) in [5.74, 6) is -0.263. The molecule has 0 aliphatic heterocycles. The van der Waals surface area contributed by atoms with Gasteiger partial charge < -0.3 is 5.32 Å². The number of hydrogen-bond donors (Lipinski definition) is 1. The number of hydrogen-bond acceptors (Lipinski definition) is 5. The lowest BCUT2D eigenvalue weighted by Gasteiger charge is -2.23. The maximum Gasteiger partial charge on any atom is 0.264 e. The molecular weight excluding hydrogens is 509 g/mol. The van der Waals surface area contributed by atoms with Crippen LogP contribution in [0.25, 0.3) is 0 Å². The Kier molecular flexibility index (Phi) is 8.40. The van der Waals surface area contributed by atoms with Gasteiger partial charge in [0.2, 0.25) is 0 Å². The van der Waals surface area contributed by atoms with Gasteiger partial charge in [0.1, 0.15) is 0 Å². The Morgan fingerprint density at radius 1 is 0.806 bits per heavy atom. The molecule has 0 radical (unpaired) electrons. The average Bonchev–Trinajstić information content (AvgIpc) is 2.91. The van der Waals surface area contributed by atoms with E-state index >= 15 is 0 Å². The van der Waals surface area contributed by atoms with Gasteiger partial charge in [-0.25, -0.2) is 8.42 Å². The summed E-state index contributed by atoms with van der Waals surface area (Å²) in [5, 5.41) is 2.98. The number of carbonyl (C=O) groups excluding carboxylic acids is 1. The molecule has 0 fully saturated rings. The number of amides is 1. The Morgan fingerprint density at radius 2 is 1.44 bits per heavy atom. The van der Waals surface area contributed by atoms with Gasteiger partial charge in [-0.1, -0.05) is 42.1 Å². The van der Waals surface area contributed by atoms with Crippen LogP contribution in [0.3, 0.4) is 0 Å². The van der Waals surface area contributed by atoms with Gasteiger partial charge in [-0.05, 0) is 86.0 Å². The van der Waals surface area contributed by atoms with Crippen molar-refractivity contribution in [1.29, 1.82) is 0 Å². The molecule has 0 atom stereocenters. The van der Waals surface area contributed by atoms with Crippen LogP contribution < -0.4 is 9.62 Å². The fourth-order valence-electron chi connectivity index (χ4n) is 3.61. The molecule has 0 spiro atoms. The number of rotatable bonds is 9. The van der Waals surface area contributed by atoms with E-state index in [1.54, 1.807) is 79.0 Å². The number of nitrogens with zero attached hydrogens (tertiary/aromatic N) is 1. The third-order valence-corrected chi connectivity index (χ3v) is 9.20. The first-order valence-corrected chi connectivity index (χ1v) is 14.8. The zero-order valence-corrected chi connectivity index (χ0v) is 22.4. The molecule has 0 saturated heterocycles. The Labute approximate surface area is 221 Å². The predicted octanol–water partition coefficient (Wildman–Crippen LogP) is 7.03. The summed E-state index contributed by atoms with van der Waals surface area (Å²) in [6.07, 6.45) is 1.94. The smallest absolute Gasteiger partial charge is 0.264 e. The Balaban J connectivity index is 1.51. The summed E-state index contributed by atoms with van der Waals surface area (Å²) in [5.41, 5.74) is 1.66. The molecule has 0 bridgehead atoms. The number of sulfonamides is 1. The van der Waals surface area contributed by atoms with Crippen LogP contribution in [0.4, 0.5) is 11.4 Å². The van der Waals surface area contributed by atoms with E-state index in [4.69, 9.17) is 0 Å². The lowest BCUT2D eigenvalue weighted by atomic mass is 10.2. The normalized spacial score (nSPS) is 11.2. The molecule has 5 nitrogen and oxygen atoms in total. The van der Waals surface area contributed by atoms with Crippen molar-refractivity contribution in [2.24, 2.45) is 0 Å². The van der Waals surface area contributed by atoms with Gasteiger partial charge in [-0.15, -0.1) is 11.8 Å². The van der Waals surface area contributed by atoms with Crippen LogP contribution in [0.2, 0.25) is 0 Å². The van der Waals surface area contributed by atoms with Gasteiger partial charge in [0, 0.05) is 26.8 Å². The molecule has 184 valence electrons. The van der Waals surface area contributed by atoms with Crippen molar-refractivity contribution in [3.8, 4) is 0 Å². The SMILES string of the molecule is CCN(c1ccc(C(=O)Nc2ccccc2Sc2ccccc2)cc1)S(=O)(=O)c1ccc(SC)cc1. The molecular formula is C28H26N2O3S3. The number of benzene rings is 4. The number of anilines is 2. The second-order valence-corrected chi connectivity index (χ2v) is 11.6. The topological polar surface area (TPSA) is 66.5 Å².